The number of carbonyl (C=O) groups excluding carboxylic acids is 1. The molecule has 2 aromatic carbocycles. The third-order valence-electron chi connectivity index (χ3n) is 5.52. The lowest BCUT2D eigenvalue weighted by Gasteiger charge is -2.25. The molecule has 176 valence electrons. The number of para-hydroxylation sites is 1. The molecule has 0 spiro atoms. The van der Waals surface area contributed by atoms with E-state index in [0.717, 1.165) is 18.7 Å². The number of benzene rings is 2. The van der Waals surface area contributed by atoms with Crippen LogP contribution in [-0.2, 0) is 11.3 Å². The first-order valence-electron chi connectivity index (χ1n) is 11.4. The highest BCUT2D eigenvalue weighted by atomic mass is 32.2. The molecule has 0 aliphatic rings. The monoisotopic (exact) mass is 475 g/mol. The zero-order valence-electron chi connectivity index (χ0n) is 19.5. The van der Waals surface area contributed by atoms with E-state index in [0.29, 0.717) is 29.8 Å². The first-order chi connectivity index (χ1) is 16.7. The van der Waals surface area contributed by atoms with Crippen LogP contribution in [0.1, 0.15) is 18.1 Å². The molecule has 7 nitrogen and oxygen atoms in total. The van der Waals surface area contributed by atoms with Crippen LogP contribution >= 0.6 is 11.8 Å². The van der Waals surface area contributed by atoms with Crippen molar-refractivity contribution in [1.29, 1.82) is 0 Å². The van der Waals surface area contributed by atoms with Crippen LogP contribution in [-0.4, -0.2) is 46.1 Å². The van der Waals surface area contributed by atoms with Crippen LogP contribution in [0.3, 0.4) is 0 Å². The van der Waals surface area contributed by atoms with Gasteiger partial charge in [0.05, 0.1) is 18.6 Å². The molecule has 2 aromatic heterocycles. The second-order valence-corrected chi connectivity index (χ2v) is 8.80. The Morgan fingerprint density at radius 3 is 2.59 bits per heavy atom. The number of carbonyl (C=O) groups is 1. The first kappa shape index (κ1) is 23.6. The van der Waals surface area contributed by atoms with Gasteiger partial charge in [-0.15, -0.1) is 10.2 Å². The van der Waals surface area contributed by atoms with Crippen LogP contribution in [0.5, 0.6) is 0 Å². The summed E-state index contributed by atoms with van der Waals surface area (Å²) in [6, 6.07) is 22.1. The Labute approximate surface area is 204 Å². The van der Waals surface area contributed by atoms with E-state index in [2.05, 4.69) is 58.5 Å². The van der Waals surface area contributed by atoms with Gasteiger partial charge in [-0.3, -0.25) is 9.36 Å². The van der Waals surface area contributed by atoms with Gasteiger partial charge in [-0.05, 0) is 43.2 Å². The number of furan rings is 1. The van der Waals surface area contributed by atoms with E-state index in [1.54, 1.807) is 6.26 Å². The van der Waals surface area contributed by atoms with E-state index in [-0.39, 0.29) is 11.7 Å². The van der Waals surface area contributed by atoms with E-state index in [1.165, 1.54) is 23.0 Å². The molecule has 0 unspecified atom stereocenters. The fourth-order valence-corrected chi connectivity index (χ4v) is 4.54. The van der Waals surface area contributed by atoms with Crippen LogP contribution in [0, 0.1) is 6.92 Å². The maximum Gasteiger partial charge on any atom is 0.230 e. The number of amides is 1. The molecule has 0 bridgehead atoms. The molecule has 0 radical (unpaired) electrons. The zero-order valence-corrected chi connectivity index (χ0v) is 20.3. The predicted molar refractivity (Wildman–Crippen MR) is 136 cm³/mol. The number of rotatable bonds is 11. The van der Waals surface area contributed by atoms with Gasteiger partial charge in [0, 0.05) is 25.3 Å². The van der Waals surface area contributed by atoms with Crippen LogP contribution < -0.4 is 10.2 Å². The van der Waals surface area contributed by atoms with Crippen molar-refractivity contribution in [1.82, 2.24) is 20.1 Å². The molecule has 2 heterocycles. The van der Waals surface area contributed by atoms with Crippen molar-refractivity contribution < 1.29 is 9.21 Å². The number of hydrogen-bond acceptors (Lipinski definition) is 6. The molecule has 0 aliphatic heterocycles. The molecule has 0 atom stereocenters. The standard InChI is InChI=1S/C26H29N5O2S/c1-3-30(22-13-8-7-10-20(22)2)16-15-27-24(32)19-34-26-29-28-25(23-14-9-17-33-23)31(26)18-21-11-5-4-6-12-21/h4-14,17H,3,15-16,18-19H2,1-2H3,(H,27,32). The average molecular weight is 476 g/mol. The molecule has 4 rings (SSSR count). The molecule has 1 amide bonds. The van der Waals surface area contributed by atoms with Gasteiger partial charge in [0.1, 0.15) is 0 Å². The van der Waals surface area contributed by atoms with Gasteiger partial charge >= 0.3 is 0 Å². The second-order valence-electron chi connectivity index (χ2n) is 7.86. The number of aromatic nitrogens is 3. The third kappa shape index (κ3) is 5.88. The molecule has 0 saturated carbocycles. The van der Waals surface area contributed by atoms with E-state index < -0.39 is 0 Å². The van der Waals surface area contributed by atoms with Gasteiger partial charge < -0.3 is 14.6 Å². The quantitative estimate of drug-likeness (QED) is 0.319. The molecule has 4 aromatic rings. The summed E-state index contributed by atoms with van der Waals surface area (Å²) in [7, 11) is 0. The van der Waals surface area contributed by atoms with Crippen molar-refractivity contribution in [3.63, 3.8) is 0 Å². The number of nitrogens with zero attached hydrogens (tertiary/aromatic N) is 4. The molecule has 0 fully saturated rings. The highest BCUT2D eigenvalue weighted by Gasteiger charge is 2.18. The minimum atomic E-state index is -0.0281. The highest BCUT2D eigenvalue weighted by molar-refractivity contribution is 7.99. The molecule has 8 heteroatoms. The number of nitrogens with one attached hydrogen (secondary N) is 1. The lowest BCUT2D eigenvalue weighted by molar-refractivity contribution is -0.118. The van der Waals surface area contributed by atoms with Crippen molar-refractivity contribution in [2.75, 3.05) is 30.3 Å². The Kier molecular flexibility index (Phi) is 8.04. The summed E-state index contributed by atoms with van der Waals surface area (Å²) in [5.74, 6) is 1.53. The zero-order chi connectivity index (χ0) is 23.8. The van der Waals surface area contributed by atoms with Crippen molar-refractivity contribution in [3.8, 4) is 11.6 Å². The lowest BCUT2D eigenvalue weighted by atomic mass is 10.2. The van der Waals surface area contributed by atoms with Gasteiger partial charge in [-0.2, -0.15) is 0 Å². The molecular formula is C26H29N5O2S. The highest BCUT2D eigenvalue weighted by Crippen LogP contribution is 2.25. The van der Waals surface area contributed by atoms with Gasteiger partial charge in [-0.25, -0.2) is 0 Å². The summed E-state index contributed by atoms with van der Waals surface area (Å²) in [5, 5.41) is 12.4. The van der Waals surface area contributed by atoms with E-state index in [1.807, 2.05) is 47.0 Å². The van der Waals surface area contributed by atoms with Crippen molar-refractivity contribution >= 4 is 23.4 Å². The van der Waals surface area contributed by atoms with Crippen LogP contribution in [0.25, 0.3) is 11.6 Å². The number of thioether (sulfide) groups is 1. The summed E-state index contributed by atoms with van der Waals surface area (Å²) >= 11 is 1.38. The van der Waals surface area contributed by atoms with E-state index >= 15 is 0 Å². The molecule has 0 saturated heterocycles. The maximum atomic E-state index is 12.6. The van der Waals surface area contributed by atoms with Gasteiger partial charge in [0.25, 0.3) is 0 Å². The number of likely N-dealkylation sites (N-methyl/N-ethyl adjacent to an activating group) is 1. The minimum absolute atomic E-state index is 0.0281. The number of hydrogen-bond donors (Lipinski definition) is 1. The molecule has 34 heavy (non-hydrogen) atoms. The average Bonchev–Trinajstić information content (AvgIpc) is 3.52. The Morgan fingerprint density at radius 1 is 1.06 bits per heavy atom. The Morgan fingerprint density at radius 2 is 1.85 bits per heavy atom. The van der Waals surface area contributed by atoms with E-state index in [4.69, 9.17) is 4.42 Å². The lowest BCUT2D eigenvalue weighted by Crippen LogP contribution is -2.36. The van der Waals surface area contributed by atoms with Crippen LogP contribution in [0.15, 0.2) is 82.6 Å². The van der Waals surface area contributed by atoms with Crippen molar-refractivity contribution in [2.45, 2.75) is 25.5 Å². The summed E-state index contributed by atoms with van der Waals surface area (Å²) < 4.78 is 7.54. The van der Waals surface area contributed by atoms with Crippen LogP contribution in [0.4, 0.5) is 5.69 Å². The summed E-state index contributed by atoms with van der Waals surface area (Å²) in [6.45, 7) is 7.04. The van der Waals surface area contributed by atoms with Gasteiger partial charge in [-0.1, -0.05) is 60.3 Å². The molecule has 0 aliphatic carbocycles. The second kappa shape index (κ2) is 11.6. The predicted octanol–water partition coefficient (Wildman–Crippen LogP) is 4.63. The van der Waals surface area contributed by atoms with Gasteiger partial charge in [0.15, 0.2) is 10.9 Å². The summed E-state index contributed by atoms with van der Waals surface area (Å²) in [6.07, 6.45) is 1.62. The van der Waals surface area contributed by atoms with E-state index in [9.17, 15) is 4.79 Å². The SMILES string of the molecule is CCN(CCNC(=O)CSc1nnc(-c2ccco2)n1Cc1ccccc1)c1ccccc1C. The third-order valence-corrected chi connectivity index (χ3v) is 6.48. The largest absolute Gasteiger partial charge is 0.461 e. The van der Waals surface area contributed by atoms with Crippen LogP contribution in [0.2, 0.25) is 0 Å². The Balaban J connectivity index is 1.36. The minimum Gasteiger partial charge on any atom is -0.461 e. The smallest absolute Gasteiger partial charge is 0.230 e. The van der Waals surface area contributed by atoms with Crippen molar-refractivity contribution in [2.24, 2.45) is 0 Å². The fraction of sp³-hybridized carbons (Fsp3) is 0.269. The summed E-state index contributed by atoms with van der Waals surface area (Å²) in [4.78, 5) is 14.8. The van der Waals surface area contributed by atoms with Crippen molar-refractivity contribution in [3.05, 3.63) is 84.1 Å². The number of anilines is 1. The number of aryl methyl sites for hydroxylation is 1. The topological polar surface area (TPSA) is 76.2 Å². The molecule has 1 N–H and O–H groups in total. The van der Waals surface area contributed by atoms with Gasteiger partial charge in [0.2, 0.25) is 11.7 Å². The Hall–Kier alpha value is -3.52. The summed E-state index contributed by atoms with van der Waals surface area (Å²) in [5.41, 5.74) is 3.56. The normalized spacial score (nSPS) is 10.9. The molecular weight excluding hydrogens is 446 g/mol. The fourth-order valence-electron chi connectivity index (χ4n) is 3.77. The Bertz CT molecular complexity index is 1190. The maximum absolute atomic E-state index is 12.6. The first-order valence-corrected chi connectivity index (χ1v) is 12.4.